The Morgan fingerprint density at radius 1 is 1.00 bits per heavy atom. The number of aromatic nitrogens is 4. The van der Waals surface area contributed by atoms with E-state index in [-0.39, 0.29) is 12.1 Å². The third-order valence-electron chi connectivity index (χ3n) is 7.72. The molecule has 0 saturated carbocycles. The molecule has 4 aromatic rings. The van der Waals surface area contributed by atoms with Crippen molar-refractivity contribution in [3.8, 4) is 11.4 Å². The van der Waals surface area contributed by atoms with Crippen LogP contribution in [-0.4, -0.2) is 55.5 Å². The van der Waals surface area contributed by atoms with Gasteiger partial charge in [-0.1, -0.05) is 30.3 Å². The Labute approximate surface area is 240 Å². The molecule has 1 N–H and O–H groups in total. The number of carbonyl (C=O) groups excluding carboxylic acids is 1. The molecule has 214 valence electrons. The van der Waals surface area contributed by atoms with Crippen molar-refractivity contribution >= 4 is 23.1 Å². The number of likely N-dealkylation sites (tertiary alicyclic amines) is 1. The fourth-order valence-electron chi connectivity index (χ4n) is 5.66. The molecule has 1 aliphatic heterocycles. The minimum absolute atomic E-state index is 0.177. The molecule has 3 heterocycles. The highest BCUT2D eigenvalue weighted by molar-refractivity contribution is 5.77. The molecule has 2 aromatic heterocycles. The number of anilines is 1. The van der Waals surface area contributed by atoms with E-state index < -0.39 is 5.60 Å². The second-order valence-corrected chi connectivity index (χ2v) is 11.9. The van der Waals surface area contributed by atoms with Crippen molar-refractivity contribution in [1.29, 1.82) is 0 Å². The van der Waals surface area contributed by atoms with E-state index in [0.717, 1.165) is 66.6 Å². The van der Waals surface area contributed by atoms with Gasteiger partial charge in [0, 0.05) is 25.3 Å². The van der Waals surface area contributed by atoms with E-state index in [2.05, 4.69) is 34.6 Å². The Kier molecular flexibility index (Phi) is 7.51. The number of nitrogens with one attached hydrogen (secondary N) is 1. The highest BCUT2D eigenvalue weighted by atomic mass is 16.6. The monoisotopic (exact) mass is 554 g/mol. The molecule has 0 radical (unpaired) electrons. The number of benzene rings is 2. The molecule has 1 saturated heterocycles. The zero-order valence-electron chi connectivity index (χ0n) is 24.1. The van der Waals surface area contributed by atoms with E-state index in [1.54, 1.807) is 4.90 Å². The summed E-state index contributed by atoms with van der Waals surface area (Å²) in [6.07, 6.45) is 9.29. The molecular formula is C32H38N6O3. The predicted octanol–water partition coefficient (Wildman–Crippen LogP) is 6.08. The lowest BCUT2D eigenvalue weighted by atomic mass is 9.89. The molecule has 1 fully saturated rings. The lowest BCUT2D eigenvalue weighted by molar-refractivity contribution is 0.0210. The van der Waals surface area contributed by atoms with Crippen LogP contribution in [0.15, 0.2) is 54.9 Å². The van der Waals surface area contributed by atoms with Crippen molar-refractivity contribution in [3.63, 3.8) is 0 Å². The van der Waals surface area contributed by atoms with Crippen LogP contribution in [0.2, 0.25) is 0 Å². The quantitative estimate of drug-likeness (QED) is 0.308. The third-order valence-corrected chi connectivity index (χ3v) is 7.72. The third kappa shape index (κ3) is 6.14. The van der Waals surface area contributed by atoms with Crippen LogP contribution in [0.3, 0.4) is 0 Å². The summed E-state index contributed by atoms with van der Waals surface area (Å²) in [5, 5.41) is 9.11. The number of nitrogens with zero attached hydrogens (tertiary/aromatic N) is 5. The molecule has 9 nitrogen and oxygen atoms in total. The molecule has 41 heavy (non-hydrogen) atoms. The second kappa shape index (κ2) is 11.4. The number of hydrogen-bond donors (Lipinski definition) is 1. The molecular weight excluding hydrogens is 516 g/mol. The second-order valence-electron chi connectivity index (χ2n) is 11.9. The average molecular weight is 555 g/mol. The van der Waals surface area contributed by atoms with Gasteiger partial charge in [-0.05, 0) is 88.1 Å². The summed E-state index contributed by atoms with van der Waals surface area (Å²) < 4.78 is 13.8. The van der Waals surface area contributed by atoms with Gasteiger partial charge in [0.1, 0.15) is 18.0 Å². The van der Waals surface area contributed by atoms with Crippen molar-refractivity contribution in [1.82, 2.24) is 24.6 Å². The summed E-state index contributed by atoms with van der Waals surface area (Å²) in [4.78, 5) is 23.7. The van der Waals surface area contributed by atoms with Crippen LogP contribution in [0.4, 0.5) is 10.7 Å². The van der Waals surface area contributed by atoms with Gasteiger partial charge in [0.05, 0.1) is 17.3 Å². The van der Waals surface area contributed by atoms with Crippen molar-refractivity contribution < 1.29 is 14.3 Å². The van der Waals surface area contributed by atoms with Gasteiger partial charge in [-0.25, -0.2) is 14.5 Å². The van der Waals surface area contributed by atoms with Crippen LogP contribution < -0.4 is 10.1 Å². The lowest BCUT2D eigenvalue weighted by Crippen LogP contribution is -2.44. The first-order valence-electron chi connectivity index (χ1n) is 14.6. The number of ether oxygens (including phenoxy) is 2. The maximum atomic E-state index is 12.4. The first-order chi connectivity index (χ1) is 19.8. The van der Waals surface area contributed by atoms with E-state index in [1.807, 2.05) is 56.0 Å². The Morgan fingerprint density at radius 2 is 1.76 bits per heavy atom. The van der Waals surface area contributed by atoms with Crippen LogP contribution in [0.5, 0.6) is 5.75 Å². The predicted molar refractivity (Wildman–Crippen MR) is 159 cm³/mol. The Hall–Kier alpha value is -4.14. The summed E-state index contributed by atoms with van der Waals surface area (Å²) in [5.41, 5.74) is 5.06. The van der Waals surface area contributed by atoms with E-state index in [4.69, 9.17) is 19.6 Å². The number of rotatable bonds is 6. The summed E-state index contributed by atoms with van der Waals surface area (Å²) in [6, 6.07) is 14.6. The normalized spacial score (nSPS) is 15.9. The average Bonchev–Trinajstić information content (AvgIpc) is 3.39. The van der Waals surface area contributed by atoms with Crippen LogP contribution >= 0.6 is 0 Å². The Morgan fingerprint density at radius 3 is 2.51 bits per heavy atom. The van der Waals surface area contributed by atoms with Gasteiger partial charge < -0.3 is 19.7 Å². The molecule has 0 unspecified atom stereocenters. The molecule has 0 bridgehead atoms. The Balaban J connectivity index is 1.19. The number of piperidine rings is 1. The van der Waals surface area contributed by atoms with Gasteiger partial charge >= 0.3 is 6.09 Å². The van der Waals surface area contributed by atoms with Gasteiger partial charge in [0.2, 0.25) is 5.95 Å². The molecule has 6 rings (SSSR count). The van der Waals surface area contributed by atoms with E-state index in [9.17, 15) is 4.79 Å². The van der Waals surface area contributed by atoms with E-state index >= 15 is 0 Å². The first-order valence-corrected chi connectivity index (χ1v) is 14.6. The minimum Gasteiger partial charge on any atom is -0.489 e. The molecule has 1 aliphatic carbocycles. The summed E-state index contributed by atoms with van der Waals surface area (Å²) in [5.74, 6) is 1.53. The number of carbonyl (C=O) groups is 1. The maximum Gasteiger partial charge on any atom is 0.410 e. The summed E-state index contributed by atoms with van der Waals surface area (Å²) in [7, 11) is 0. The van der Waals surface area contributed by atoms with Gasteiger partial charge in [0.15, 0.2) is 5.65 Å². The fraction of sp³-hybridized carbons (Fsp3) is 0.438. The molecule has 0 spiro atoms. The zero-order chi connectivity index (χ0) is 28.4. The topological polar surface area (TPSA) is 94.4 Å². The van der Waals surface area contributed by atoms with Gasteiger partial charge in [-0.3, -0.25) is 0 Å². The molecule has 2 aromatic carbocycles. The highest BCUT2D eigenvalue weighted by Crippen LogP contribution is 2.35. The van der Waals surface area contributed by atoms with Crippen molar-refractivity contribution in [3.05, 3.63) is 71.5 Å². The smallest absolute Gasteiger partial charge is 0.410 e. The fourth-order valence-corrected chi connectivity index (χ4v) is 5.66. The van der Waals surface area contributed by atoms with Gasteiger partial charge in [-0.15, -0.1) is 0 Å². The van der Waals surface area contributed by atoms with Crippen molar-refractivity contribution in [2.24, 2.45) is 0 Å². The maximum absolute atomic E-state index is 12.4. The van der Waals surface area contributed by atoms with Gasteiger partial charge in [-0.2, -0.15) is 10.1 Å². The molecule has 0 atom stereocenters. The first kappa shape index (κ1) is 27.1. The molecule has 9 heteroatoms. The highest BCUT2D eigenvalue weighted by Gasteiger charge is 2.27. The van der Waals surface area contributed by atoms with Crippen LogP contribution in [-0.2, 0) is 24.2 Å². The number of fused-ring (bicyclic) bond motifs is 2. The largest absolute Gasteiger partial charge is 0.489 e. The summed E-state index contributed by atoms with van der Waals surface area (Å²) in [6.45, 7) is 7.50. The SMILES string of the molecule is CC(C)(C)OC(=O)N1CCC(Nc2ncc3cnn(-c4ccc(OCc5ccccc5)c5c4CCCC5)c3n2)CC1. The van der Waals surface area contributed by atoms with Crippen molar-refractivity contribution in [2.75, 3.05) is 18.4 Å². The lowest BCUT2D eigenvalue weighted by Gasteiger charge is -2.33. The van der Waals surface area contributed by atoms with Crippen LogP contribution in [0.25, 0.3) is 16.7 Å². The number of amides is 1. The van der Waals surface area contributed by atoms with Gasteiger partial charge in [0.25, 0.3) is 0 Å². The minimum atomic E-state index is -0.493. The van der Waals surface area contributed by atoms with Crippen LogP contribution in [0, 0.1) is 0 Å². The molecule has 1 amide bonds. The van der Waals surface area contributed by atoms with E-state index in [1.165, 1.54) is 11.1 Å². The number of hydrogen-bond acceptors (Lipinski definition) is 7. The van der Waals surface area contributed by atoms with Crippen LogP contribution in [0.1, 0.15) is 63.1 Å². The van der Waals surface area contributed by atoms with Crippen molar-refractivity contribution in [2.45, 2.75) is 77.5 Å². The summed E-state index contributed by atoms with van der Waals surface area (Å²) >= 11 is 0. The zero-order valence-corrected chi connectivity index (χ0v) is 24.1. The van der Waals surface area contributed by atoms with E-state index in [0.29, 0.717) is 25.6 Å². The molecule has 2 aliphatic rings. The standard InChI is InChI=1S/C32H38N6O3/c1-32(2,3)41-31(39)37-17-15-24(16-18-37)35-30-33-19-23-20-34-38(29(23)36-30)27-13-14-28(26-12-8-7-11-25(26)27)40-21-22-9-5-4-6-10-22/h4-6,9-10,13-14,19-20,24H,7-8,11-12,15-18,21H2,1-3H3,(H,33,35,36). The Bertz CT molecular complexity index is 1520.